The summed E-state index contributed by atoms with van der Waals surface area (Å²) < 4.78 is 26.9. The molecule has 1 aromatic heterocycles. The minimum absolute atomic E-state index is 0.0441. The Bertz CT molecular complexity index is 844. The van der Waals surface area contributed by atoms with Gasteiger partial charge in [-0.25, -0.2) is 13.4 Å². The molecular formula is C13H11ClN4O2S. The van der Waals surface area contributed by atoms with Crippen molar-refractivity contribution in [2.45, 2.75) is 11.8 Å². The smallest absolute Gasteiger partial charge is 0.263 e. The molecule has 1 aromatic carbocycles. The quantitative estimate of drug-likeness (QED) is 0.901. The zero-order chi connectivity index (χ0) is 15.6. The van der Waals surface area contributed by atoms with Gasteiger partial charge in [0.15, 0.2) is 0 Å². The number of rotatable bonds is 3. The predicted octanol–water partition coefficient (Wildman–Crippen LogP) is 2.30. The summed E-state index contributed by atoms with van der Waals surface area (Å²) in [5, 5.41) is 9.16. The summed E-state index contributed by atoms with van der Waals surface area (Å²) in [6.45, 7) is 1.72. The van der Waals surface area contributed by atoms with Crippen molar-refractivity contribution in [1.29, 1.82) is 5.26 Å². The molecule has 1 heterocycles. The van der Waals surface area contributed by atoms with Gasteiger partial charge in [0.05, 0.1) is 16.3 Å². The van der Waals surface area contributed by atoms with E-state index in [1.807, 2.05) is 6.07 Å². The Morgan fingerprint density at radius 2 is 2.14 bits per heavy atom. The molecule has 3 N–H and O–H groups in total. The third-order valence-electron chi connectivity index (χ3n) is 2.78. The van der Waals surface area contributed by atoms with Crippen LogP contribution < -0.4 is 10.5 Å². The van der Waals surface area contributed by atoms with E-state index in [4.69, 9.17) is 22.6 Å². The van der Waals surface area contributed by atoms with Crippen LogP contribution in [0.3, 0.4) is 0 Å². The molecule has 0 aliphatic carbocycles. The molecule has 0 spiro atoms. The van der Waals surface area contributed by atoms with Crippen LogP contribution in [0.25, 0.3) is 0 Å². The Labute approximate surface area is 127 Å². The molecule has 0 saturated heterocycles. The lowest BCUT2D eigenvalue weighted by Crippen LogP contribution is -2.14. The second-order valence-electron chi connectivity index (χ2n) is 4.25. The fourth-order valence-electron chi connectivity index (χ4n) is 1.68. The van der Waals surface area contributed by atoms with Crippen molar-refractivity contribution in [2.75, 3.05) is 10.5 Å². The Morgan fingerprint density at radius 1 is 1.43 bits per heavy atom. The van der Waals surface area contributed by atoms with E-state index in [1.54, 1.807) is 19.1 Å². The molecule has 108 valence electrons. The molecule has 0 amide bonds. The van der Waals surface area contributed by atoms with Gasteiger partial charge in [-0.05, 0) is 24.6 Å². The number of pyridine rings is 1. The first-order chi connectivity index (χ1) is 9.85. The summed E-state index contributed by atoms with van der Waals surface area (Å²) >= 11 is 5.77. The van der Waals surface area contributed by atoms with Gasteiger partial charge in [-0.15, -0.1) is 0 Å². The van der Waals surface area contributed by atoms with E-state index >= 15 is 0 Å². The molecule has 0 aliphatic rings. The molecule has 0 radical (unpaired) electrons. The number of nitrogens with two attached hydrogens (primary N) is 1. The number of hydrogen-bond donors (Lipinski definition) is 2. The van der Waals surface area contributed by atoms with Crippen LogP contribution in [-0.4, -0.2) is 13.4 Å². The molecule has 8 heteroatoms. The molecule has 0 atom stereocenters. The van der Waals surface area contributed by atoms with Gasteiger partial charge in [0.2, 0.25) is 0 Å². The third kappa shape index (κ3) is 3.07. The average Bonchev–Trinajstić information content (AvgIpc) is 2.41. The number of nitrogens with one attached hydrogen (secondary N) is 1. The van der Waals surface area contributed by atoms with Crippen LogP contribution in [0.1, 0.15) is 11.1 Å². The number of sulfonamides is 1. The fourth-order valence-corrected chi connectivity index (χ4v) is 2.96. The van der Waals surface area contributed by atoms with E-state index in [1.165, 1.54) is 12.1 Å². The molecule has 0 bridgehead atoms. The first-order valence-electron chi connectivity index (χ1n) is 5.78. The molecule has 21 heavy (non-hydrogen) atoms. The van der Waals surface area contributed by atoms with Crippen LogP contribution in [0, 0.1) is 18.3 Å². The minimum atomic E-state index is -3.91. The topological polar surface area (TPSA) is 109 Å². The molecule has 0 aliphatic heterocycles. The van der Waals surface area contributed by atoms with Gasteiger partial charge in [-0.2, -0.15) is 5.26 Å². The number of nitrogens with zero attached hydrogens (tertiary/aromatic N) is 2. The summed E-state index contributed by atoms with van der Waals surface area (Å²) in [5.74, 6) is 0.0453. The molecular weight excluding hydrogens is 312 g/mol. The lowest BCUT2D eigenvalue weighted by molar-refractivity contribution is 0.601. The first-order valence-corrected chi connectivity index (χ1v) is 7.65. The minimum Gasteiger partial charge on any atom is -0.382 e. The highest BCUT2D eigenvalue weighted by Crippen LogP contribution is 2.24. The van der Waals surface area contributed by atoms with Crippen LogP contribution in [-0.2, 0) is 10.0 Å². The van der Waals surface area contributed by atoms with Crippen molar-refractivity contribution in [3.8, 4) is 6.07 Å². The van der Waals surface area contributed by atoms with Gasteiger partial charge >= 0.3 is 0 Å². The highest BCUT2D eigenvalue weighted by Gasteiger charge is 2.18. The van der Waals surface area contributed by atoms with Gasteiger partial charge in [-0.1, -0.05) is 23.7 Å². The predicted molar refractivity (Wildman–Crippen MR) is 80.4 cm³/mol. The van der Waals surface area contributed by atoms with E-state index in [9.17, 15) is 8.42 Å². The van der Waals surface area contributed by atoms with Crippen molar-refractivity contribution in [3.05, 3.63) is 46.6 Å². The van der Waals surface area contributed by atoms with Gasteiger partial charge in [-0.3, -0.25) is 4.72 Å². The van der Waals surface area contributed by atoms with E-state index < -0.39 is 10.0 Å². The number of hydrogen-bond acceptors (Lipinski definition) is 5. The van der Waals surface area contributed by atoms with E-state index in [2.05, 4.69) is 9.71 Å². The van der Waals surface area contributed by atoms with Crippen molar-refractivity contribution in [3.63, 3.8) is 0 Å². The van der Waals surface area contributed by atoms with Crippen LogP contribution >= 0.6 is 11.6 Å². The first kappa shape index (κ1) is 15.1. The summed E-state index contributed by atoms with van der Waals surface area (Å²) in [4.78, 5) is 3.58. The van der Waals surface area contributed by atoms with Gasteiger partial charge in [0, 0.05) is 6.20 Å². The Kier molecular flexibility index (Phi) is 4.02. The maximum atomic E-state index is 12.3. The largest absolute Gasteiger partial charge is 0.382 e. The molecule has 0 unspecified atom stereocenters. The van der Waals surface area contributed by atoms with E-state index in [0.717, 1.165) is 6.20 Å². The van der Waals surface area contributed by atoms with Crippen molar-refractivity contribution >= 4 is 33.1 Å². The van der Waals surface area contributed by atoms with Crippen LogP contribution in [0.4, 0.5) is 11.5 Å². The molecule has 0 fully saturated rings. The van der Waals surface area contributed by atoms with Crippen LogP contribution in [0.2, 0.25) is 5.02 Å². The van der Waals surface area contributed by atoms with Crippen molar-refractivity contribution in [1.82, 2.24) is 4.98 Å². The monoisotopic (exact) mass is 322 g/mol. The Morgan fingerprint density at radius 3 is 2.76 bits per heavy atom. The van der Waals surface area contributed by atoms with E-state index in [0.29, 0.717) is 5.56 Å². The van der Waals surface area contributed by atoms with Crippen LogP contribution in [0.15, 0.2) is 35.4 Å². The zero-order valence-electron chi connectivity index (χ0n) is 11.0. The van der Waals surface area contributed by atoms with Crippen LogP contribution in [0.5, 0.6) is 0 Å². The lowest BCUT2D eigenvalue weighted by Gasteiger charge is -2.11. The molecule has 6 nitrogen and oxygen atoms in total. The van der Waals surface area contributed by atoms with Crippen molar-refractivity contribution < 1.29 is 8.42 Å². The number of aromatic nitrogens is 1. The molecule has 0 saturated carbocycles. The second-order valence-corrected chi connectivity index (χ2v) is 6.34. The highest BCUT2D eigenvalue weighted by atomic mass is 35.5. The number of halogens is 1. The third-order valence-corrected chi connectivity index (χ3v) is 4.42. The van der Waals surface area contributed by atoms with E-state index in [-0.39, 0.29) is 27.0 Å². The highest BCUT2D eigenvalue weighted by molar-refractivity contribution is 7.92. The summed E-state index contributed by atoms with van der Waals surface area (Å²) in [6.07, 6.45) is 1.10. The number of nitriles is 1. The fraction of sp³-hybridized carbons (Fsp3) is 0.0769. The maximum Gasteiger partial charge on any atom is 0.263 e. The Balaban J connectivity index is 2.45. The second kappa shape index (κ2) is 5.60. The SMILES string of the molecule is Cc1cccc(NS(=O)(=O)c2cnc(N)c(Cl)c2)c1C#N. The van der Waals surface area contributed by atoms with Crippen molar-refractivity contribution in [2.24, 2.45) is 0 Å². The van der Waals surface area contributed by atoms with Gasteiger partial charge in [0.1, 0.15) is 16.8 Å². The normalized spacial score (nSPS) is 10.9. The summed E-state index contributed by atoms with van der Waals surface area (Å²) in [5.41, 5.74) is 6.58. The Hall–Kier alpha value is -2.30. The average molecular weight is 323 g/mol. The molecule has 2 rings (SSSR count). The molecule has 2 aromatic rings. The maximum absolute atomic E-state index is 12.3. The number of nitrogen functional groups attached to an aromatic ring is 1. The van der Waals surface area contributed by atoms with Gasteiger partial charge in [0.25, 0.3) is 10.0 Å². The standard InChI is InChI=1S/C13H11ClN4O2S/c1-8-3-2-4-12(10(8)6-15)18-21(19,20)9-5-11(14)13(16)17-7-9/h2-5,7,18H,1H3,(H2,16,17). The van der Waals surface area contributed by atoms with Gasteiger partial charge < -0.3 is 5.73 Å². The number of aryl methyl sites for hydroxylation is 1. The number of benzene rings is 1. The summed E-state index contributed by atoms with van der Waals surface area (Å²) in [7, 11) is -3.91. The summed E-state index contributed by atoms with van der Waals surface area (Å²) in [6, 6.07) is 8.06. The lowest BCUT2D eigenvalue weighted by atomic mass is 10.1. The number of anilines is 2. The zero-order valence-corrected chi connectivity index (χ0v) is 12.5.